The van der Waals surface area contributed by atoms with Crippen molar-refractivity contribution in [3.63, 3.8) is 0 Å². The number of benzene rings is 1. The molecular formula is C11H15N3OS. The Kier molecular flexibility index (Phi) is 4.25. The van der Waals surface area contributed by atoms with Gasteiger partial charge >= 0.3 is 0 Å². The topological polar surface area (TPSA) is 67.2 Å². The van der Waals surface area contributed by atoms with Crippen molar-refractivity contribution in [1.82, 2.24) is 5.32 Å². The van der Waals surface area contributed by atoms with Gasteiger partial charge in [-0.25, -0.2) is 0 Å². The summed E-state index contributed by atoms with van der Waals surface area (Å²) in [6.07, 6.45) is 0. The van der Waals surface area contributed by atoms with Crippen LogP contribution in [0.1, 0.15) is 24.2 Å². The van der Waals surface area contributed by atoms with Crippen LogP contribution in [0.4, 0.5) is 5.69 Å². The second-order valence-electron chi connectivity index (χ2n) is 3.70. The molecule has 0 unspecified atom stereocenters. The minimum Gasteiger partial charge on any atom is -0.376 e. The van der Waals surface area contributed by atoms with Crippen molar-refractivity contribution in [2.45, 2.75) is 19.9 Å². The maximum absolute atomic E-state index is 11.7. The van der Waals surface area contributed by atoms with E-state index in [1.165, 1.54) is 0 Å². The molecule has 4 nitrogen and oxygen atoms in total. The summed E-state index contributed by atoms with van der Waals surface area (Å²) in [4.78, 5) is 11.7. The minimum absolute atomic E-state index is 0.110. The molecule has 0 bridgehead atoms. The van der Waals surface area contributed by atoms with Gasteiger partial charge < -0.3 is 16.4 Å². The summed E-state index contributed by atoms with van der Waals surface area (Å²) in [6.45, 7) is 3.82. The van der Waals surface area contributed by atoms with Crippen LogP contribution in [-0.4, -0.2) is 17.1 Å². The predicted octanol–water partition coefficient (Wildman–Crippen LogP) is 1.48. The molecule has 16 heavy (non-hydrogen) atoms. The van der Waals surface area contributed by atoms with E-state index in [-0.39, 0.29) is 17.1 Å². The van der Waals surface area contributed by atoms with Gasteiger partial charge in [-0.2, -0.15) is 0 Å². The van der Waals surface area contributed by atoms with E-state index < -0.39 is 0 Å². The van der Waals surface area contributed by atoms with Crippen molar-refractivity contribution >= 4 is 28.9 Å². The molecule has 0 atom stereocenters. The summed E-state index contributed by atoms with van der Waals surface area (Å²) in [7, 11) is 0. The minimum atomic E-state index is -0.110. The van der Waals surface area contributed by atoms with Gasteiger partial charge in [0.15, 0.2) is 5.11 Å². The fraction of sp³-hybridized carbons (Fsp3) is 0.273. The van der Waals surface area contributed by atoms with E-state index >= 15 is 0 Å². The second-order valence-corrected chi connectivity index (χ2v) is 4.14. The lowest BCUT2D eigenvalue weighted by molar-refractivity contribution is 0.0943. The Balaban J connectivity index is 2.81. The fourth-order valence-corrected chi connectivity index (χ4v) is 1.34. The summed E-state index contributed by atoms with van der Waals surface area (Å²) in [6, 6.07) is 7.13. The summed E-state index contributed by atoms with van der Waals surface area (Å²) < 4.78 is 0. The van der Waals surface area contributed by atoms with E-state index in [9.17, 15) is 4.79 Å². The SMILES string of the molecule is CC(C)NC(=O)c1cccc(NC(N)=S)c1. The maximum atomic E-state index is 11.7. The largest absolute Gasteiger partial charge is 0.376 e. The molecule has 1 aromatic carbocycles. The maximum Gasteiger partial charge on any atom is 0.251 e. The van der Waals surface area contributed by atoms with Crippen LogP contribution in [0.2, 0.25) is 0 Å². The molecule has 0 aromatic heterocycles. The molecule has 0 aliphatic heterocycles. The number of hydrogen-bond acceptors (Lipinski definition) is 2. The highest BCUT2D eigenvalue weighted by Crippen LogP contribution is 2.10. The van der Waals surface area contributed by atoms with Crippen LogP contribution < -0.4 is 16.4 Å². The number of nitrogens with one attached hydrogen (secondary N) is 2. The average Bonchev–Trinajstić information content (AvgIpc) is 2.16. The molecule has 0 aliphatic rings. The van der Waals surface area contributed by atoms with E-state index in [4.69, 9.17) is 18.0 Å². The molecule has 5 heteroatoms. The van der Waals surface area contributed by atoms with Crippen molar-refractivity contribution in [3.8, 4) is 0 Å². The fourth-order valence-electron chi connectivity index (χ4n) is 1.23. The first-order valence-electron chi connectivity index (χ1n) is 4.96. The number of anilines is 1. The molecule has 0 saturated heterocycles. The van der Waals surface area contributed by atoms with Crippen LogP contribution in [0, 0.1) is 0 Å². The molecule has 1 rings (SSSR count). The zero-order chi connectivity index (χ0) is 12.1. The number of nitrogens with two attached hydrogens (primary N) is 1. The highest BCUT2D eigenvalue weighted by atomic mass is 32.1. The van der Waals surface area contributed by atoms with Crippen molar-refractivity contribution in [1.29, 1.82) is 0 Å². The van der Waals surface area contributed by atoms with Crippen molar-refractivity contribution in [2.75, 3.05) is 5.32 Å². The second kappa shape index (κ2) is 5.46. The number of carbonyl (C=O) groups is 1. The molecule has 0 heterocycles. The van der Waals surface area contributed by atoms with E-state index in [1.54, 1.807) is 24.3 Å². The molecular weight excluding hydrogens is 222 g/mol. The quantitative estimate of drug-likeness (QED) is 0.697. The van der Waals surface area contributed by atoms with Gasteiger partial charge in [-0.3, -0.25) is 4.79 Å². The third-order valence-electron chi connectivity index (χ3n) is 1.81. The van der Waals surface area contributed by atoms with Crippen LogP contribution >= 0.6 is 12.2 Å². The first-order valence-corrected chi connectivity index (χ1v) is 5.37. The molecule has 4 N–H and O–H groups in total. The van der Waals surface area contributed by atoms with Crippen molar-refractivity contribution in [2.24, 2.45) is 5.73 Å². The molecule has 1 aromatic rings. The lowest BCUT2D eigenvalue weighted by Gasteiger charge is -2.09. The first-order chi connectivity index (χ1) is 7.49. The number of amides is 1. The molecule has 1 amide bonds. The summed E-state index contributed by atoms with van der Waals surface area (Å²) in [5.74, 6) is -0.110. The van der Waals surface area contributed by atoms with Crippen LogP contribution in [0.15, 0.2) is 24.3 Å². The van der Waals surface area contributed by atoms with Gasteiger partial charge in [-0.1, -0.05) is 6.07 Å². The smallest absolute Gasteiger partial charge is 0.251 e. The lowest BCUT2D eigenvalue weighted by atomic mass is 10.2. The van der Waals surface area contributed by atoms with E-state index in [0.29, 0.717) is 11.3 Å². The number of rotatable bonds is 3. The first kappa shape index (κ1) is 12.4. The van der Waals surface area contributed by atoms with Gasteiger partial charge in [0.05, 0.1) is 0 Å². The number of carbonyl (C=O) groups excluding carboxylic acids is 1. The molecule has 0 spiro atoms. The molecule has 0 fully saturated rings. The third-order valence-corrected chi connectivity index (χ3v) is 1.91. The average molecular weight is 237 g/mol. The van der Waals surface area contributed by atoms with E-state index in [0.717, 1.165) is 0 Å². The summed E-state index contributed by atoms with van der Waals surface area (Å²) in [5.41, 5.74) is 6.64. The standard InChI is InChI=1S/C11H15N3OS/c1-7(2)13-10(15)8-4-3-5-9(6-8)14-11(12)16/h3-7H,1-2H3,(H,13,15)(H3,12,14,16). The van der Waals surface area contributed by atoms with E-state index in [1.807, 2.05) is 13.8 Å². The normalized spacial score (nSPS) is 9.94. The van der Waals surface area contributed by atoms with Crippen LogP contribution in [0.3, 0.4) is 0 Å². The zero-order valence-corrected chi connectivity index (χ0v) is 10.1. The van der Waals surface area contributed by atoms with Gasteiger partial charge in [0.25, 0.3) is 5.91 Å². The van der Waals surface area contributed by atoms with Gasteiger partial charge in [-0.15, -0.1) is 0 Å². The van der Waals surface area contributed by atoms with Gasteiger partial charge in [0.1, 0.15) is 0 Å². The molecule has 0 saturated carbocycles. The Labute approximate surface area is 100 Å². The Hall–Kier alpha value is -1.62. The third kappa shape index (κ3) is 3.86. The monoisotopic (exact) mass is 237 g/mol. The summed E-state index contributed by atoms with van der Waals surface area (Å²) >= 11 is 4.72. The van der Waals surface area contributed by atoms with Crippen LogP contribution in [0.25, 0.3) is 0 Å². The lowest BCUT2D eigenvalue weighted by Crippen LogP contribution is -2.30. The molecule has 86 valence electrons. The van der Waals surface area contributed by atoms with Crippen LogP contribution in [-0.2, 0) is 0 Å². The van der Waals surface area contributed by atoms with E-state index in [2.05, 4.69) is 10.6 Å². The Morgan fingerprint density at radius 1 is 1.44 bits per heavy atom. The molecule has 0 radical (unpaired) electrons. The highest BCUT2D eigenvalue weighted by molar-refractivity contribution is 7.80. The highest BCUT2D eigenvalue weighted by Gasteiger charge is 2.07. The Morgan fingerprint density at radius 3 is 2.69 bits per heavy atom. The summed E-state index contributed by atoms with van der Waals surface area (Å²) in [5, 5.41) is 5.77. The Bertz CT molecular complexity index is 404. The number of hydrogen-bond donors (Lipinski definition) is 3. The molecule has 0 aliphatic carbocycles. The zero-order valence-electron chi connectivity index (χ0n) is 9.28. The van der Waals surface area contributed by atoms with Crippen molar-refractivity contribution in [3.05, 3.63) is 29.8 Å². The van der Waals surface area contributed by atoms with Gasteiger partial charge in [-0.05, 0) is 44.3 Å². The van der Waals surface area contributed by atoms with Gasteiger partial charge in [0.2, 0.25) is 0 Å². The number of thiocarbonyl (C=S) groups is 1. The van der Waals surface area contributed by atoms with Crippen LogP contribution in [0.5, 0.6) is 0 Å². The Morgan fingerprint density at radius 2 is 2.12 bits per heavy atom. The predicted molar refractivity (Wildman–Crippen MR) is 69.5 cm³/mol. The van der Waals surface area contributed by atoms with Gasteiger partial charge in [0, 0.05) is 17.3 Å². The van der Waals surface area contributed by atoms with Crippen molar-refractivity contribution < 1.29 is 4.79 Å².